The molecule has 1 aliphatic heterocycles. The third kappa shape index (κ3) is 3.20. The number of carbonyl (C=O) groups is 1. The van der Waals surface area contributed by atoms with Crippen molar-refractivity contribution in [3.05, 3.63) is 47.3 Å². The molecule has 1 aliphatic rings. The average Bonchev–Trinajstić information content (AvgIpc) is 3.08. The summed E-state index contributed by atoms with van der Waals surface area (Å²) in [6.45, 7) is 0.553. The van der Waals surface area contributed by atoms with Crippen LogP contribution in [0.25, 0.3) is 0 Å². The number of likely N-dealkylation sites (tertiary alicyclic amines) is 1. The van der Waals surface area contributed by atoms with E-state index in [1.165, 1.54) is 18.3 Å². The first kappa shape index (κ1) is 15.5. The molecular weight excluding hydrogens is 309 g/mol. The number of carbonyl (C=O) groups excluding carboxylic acids is 1. The number of nitrogens with one attached hydrogen (secondary N) is 1. The lowest BCUT2D eigenvalue weighted by Crippen LogP contribution is -2.38. The van der Waals surface area contributed by atoms with E-state index < -0.39 is 11.7 Å². The fraction of sp³-hybridized carbons (Fsp3) is 0.400. The minimum Gasteiger partial charge on any atom is -0.330 e. The summed E-state index contributed by atoms with van der Waals surface area (Å²) >= 11 is 0. The summed E-state index contributed by atoms with van der Waals surface area (Å²) in [7, 11) is 0. The van der Waals surface area contributed by atoms with Gasteiger partial charge in [-0.05, 0) is 37.0 Å². The Balaban J connectivity index is 1.85. The Hall–Kier alpha value is -2.38. The molecule has 0 bridgehead atoms. The van der Waals surface area contributed by atoms with E-state index in [0.29, 0.717) is 12.1 Å². The molecule has 2 heterocycles. The second kappa shape index (κ2) is 6.02. The number of hydrogen-bond donors (Lipinski definition) is 1. The number of halogens is 3. The van der Waals surface area contributed by atoms with Gasteiger partial charge >= 0.3 is 6.18 Å². The van der Waals surface area contributed by atoms with Crippen molar-refractivity contribution in [2.75, 3.05) is 6.54 Å². The number of aromatic amines is 1. The van der Waals surface area contributed by atoms with Crippen LogP contribution in [0.15, 0.2) is 30.5 Å². The van der Waals surface area contributed by atoms with E-state index in [9.17, 15) is 18.0 Å². The Bertz CT molecular complexity index is 667. The van der Waals surface area contributed by atoms with Crippen molar-refractivity contribution in [1.82, 2.24) is 20.3 Å². The first-order valence-electron chi connectivity index (χ1n) is 7.31. The van der Waals surface area contributed by atoms with Gasteiger partial charge in [-0.2, -0.15) is 28.6 Å². The van der Waals surface area contributed by atoms with Crippen molar-refractivity contribution < 1.29 is 18.0 Å². The molecule has 1 N–H and O–H groups in total. The molecule has 1 fully saturated rings. The Morgan fingerprint density at radius 1 is 1.22 bits per heavy atom. The monoisotopic (exact) mass is 324 g/mol. The van der Waals surface area contributed by atoms with E-state index in [0.717, 1.165) is 31.4 Å². The summed E-state index contributed by atoms with van der Waals surface area (Å²) in [5.41, 5.74) is 0.227. The van der Waals surface area contributed by atoms with Gasteiger partial charge in [0, 0.05) is 6.54 Å². The van der Waals surface area contributed by atoms with Crippen LogP contribution < -0.4 is 0 Å². The Labute approximate surface area is 130 Å². The van der Waals surface area contributed by atoms with E-state index in [1.807, 2.05) is 0 Å². The van der Waals surface area contributed by atoms with Crippen LogP contribution in [0.3, 0.4) is 0 Å². The fourth-order valence-corrected chi connectivity index (χ4v) is 2.87. The number of rotatable bonds is 2. The van der Waals surface area contributed by atoms with Gasteiger partial charge in [-0.3, -0.25) is 4.79 Å². The van der Waals surface area contributed by atoms with Gasteiger partial charge in [0.1, 0.15) is 0 Å². The minimum atomic E-state index is -4.36. The summed E-state index contributed by atoms with van der Waals surface area (Å²) in [5, 5.41) is 9.81. The van der Waals surface area contributed by atoms with E-state index in [4.69, 9.17) is 0 Å². The zero-order valence-electron chi connectivity index (χ0n) is 12.2. The molecule has 8 heteroatoms. The fourth-order valence-electron chi connectivity index (χ4n) is 2.87. The second-order valence-electron chi connectivity index (χ2n) is 5.49. The lowest BCUT2D eigenvalue weighted by molar-refractivity contribution is -0.137. The average molecular weight is 324 g/mol. The maximum Gasteiger partial charge on any atom is 0.416 e. The third-order valence-corrected chi connectivity index (χ3v) is 4.02. The highest BCUT2D eigenvalue weighted by Crippen LogP contribution is 2.34. The molecule has 5 nitrogen and oxygen atoms in total. The van der Waals surface area contributed by atoms with Crippen molar-refractivity contribution in [3.8, 4) is 0 Å². The molecule has 1 unspecified atom stereocenters. The molecule has 1 atom stereocenters. The third-order valence-electron chi connectivity index (χ3n) is 4.02. The van der Waals surface area contributed by atoms with Gasteiger partial charge in [0.05, 0.1) is 17.8 Å². The molecule has 122 valence electrons. The summed E-state index contributed by atoms with van der Waals surface area (Å²) in [6, 6.07) is 4.77. The van der Waals surface area contributed by atoms with Crippen LogP contribution in [-0.4, -0.2) is 32.8 Å². The number of H-pyrrole nitrogens is 1. The number of piperidine rings is 1. The topological polar surface area (TPSA) is 61.9 Å². The SMILES string of the molecule is O=C(c1cn[nH]n1)N1CCCCC1c1ccc(C(F)(F)F)cc1. The predicted molar refractivity (Wildman–Crippen MR) is 75.5 cm³/mol. The maximum absolute atomic E-state index is 12.7. The van der Waals surface area contributed by atoms with Crippen LogP contribution in [0, 0.1) is 0 Å². The summed E-state index contributed by atoms with van der Waals surface area (Å²) in [4.78, 5) is 14.2. The van der Waals surface area contributed by atoms with Crippen molar-refractivity contribution >= 4 is 5.91 Å². The lowest BCUT2D eigenvalue weighted by atomic mass is 9.94. The molecule has 1 aromatic heterocycles. The molecule has 0 radical (unpaired) electrons. The molecule has 2 aromatic rings. The zero-order chi connectivity index (χ0) is 16.4. The van der Waals surface area contributed by atoms with Crippen LogP contribution >= 0.6 is 0 Å². The number of amides is 1. The lowest BCUT2D eigenvalue weighted by Gasteiger charge is -2.35. The molecule has 0 aliphatic carbocycles. The number of aromatic nitrogens is 3. The Morgan fingerprint density at radius 3 is 2.57 bits per heavy atom. The normalized spacial score (nSPS) is 18.9. The van der Waals surface area contributed by atoms with Crippen molar-refractivity contribution in [3.63, 3.8) is 0 Å². The Kier molecular flexibility index (Phi) is 4.06. The van der Waals surface area contributed by atoms with Gasteiger partial charge in [0.2, 0.25) is 0 Å². The Morgan fingerprint density at radius 2 is 1.96 bits per heavy atom. The second-order valence-corrected chi connectivity index (χ2v) is 5.49. The first-order chi connectivity index (χ1) is 11.0. The van der Waals surface area contributed by atoms with Crippen molar-refractivity contribution in [2.24, 2.45) is 0 Å². The molecular formula is C15H15F3N4O. The van der Waals surface area contributed by atoms with Gasteiger partial charge in [0.25, 0.3) is 5.91 Å². The highest BCUT2D eigenvalue weighted by atomic mass is 19.4. The largest absolute Gasteiger partial charge is 0.416 e. The highest BCUT2D eigenvalue weighted by Gasteiger charge is 2.32. The molecule has 1 aromatic carbocycles. The highest BCUT2D eigenvalue weighted by molar-refractivity contribution is 5.92. The molecule has 0 spiro atoms. The van der Waals surface area contributed by atoms with Gasteiger partial charge in [-0.15, -0.1) is 0 Å². The molecule has 1 amide bonds. The number of benzene rings is 1. The number of hydrogen-bond acceptors (Lipinski definition) is 3. The van der Waals surface area contributed by atoms with Crippen LogP contribution in [0.2, 0.25) is 0 Å². The summed E-state index contributed by atoms with van der Waals surface area (Å²) < 4.78 is 38.0. The number of nitrogens with zero attached hydrogens (tertiary/aromatic N) is 3. The molecule has 0 saturated carbocycles. The quantitative estimate of drug-likeness (QED) is 0.923. The minimum absolute atomic E-state index is 0.212. The predicted octanol–water partition coefficient (Wildman–Crippen LogP) is 3.19. The van der Waals surface area contributed by atoms with Crippen molar-refractivity contribution in [2.45, 2.75) is 31.5 Å². The van der Waals surface area contributed by atoms with Crippen LogP contribution in [0.4, 0.5) is 13.2 Å². The smallest absolute Gasteiger partial charge is 0.330 e. The summed E-state index contributed by atoms with van der Waals surface area (Å²) in [5.74, 6) is -0.261. The van der Waals surface area contributed by atoms with Gasteiger partial charge in [-0.1, -0.05) is 12.1 Å². The van der Waals surface area contributed by atoms with Gasteiger partial charge in [-0.25, -0.2) is 0 Å². The van der Waals surface area contributed by atoms with E-state index in [-0.39, 0.29) is 17.6 Å². The number of alkyl halides is 3. The van der Waals surface area contributed by atoms with E-state index >= 15 is 0 Å². The zero-order valence-corrected chi connectivity index (χ0v) is 12.2. The molecule has 1 saturated heterocycles. The van der Waals surface area contributed by atoms with Crippen molar-refractivity contribution in [1.29, 1.82) is 0 Å². The van der Waals surface area contributed by atoms with Gasteiger partial charge in [0.15, 0.2) is 5.69 Å². The first-order valence-corrected chi connectivity index (χ1v) is 7.31. The summed E-state index contributed by atoms with van der Waals surface area (Å²) in [6.07, 6.45) is -0.508. The van der Waals surface area contributed by atoms with Crippen LogP contribution in [0.5, 0.6) is 0 Å². The van der Waals surface area contributed by atoms with Gasteiger partial charge < -0.3 is 4.90 Å². The van der Waals surface area contributed by atoms with Crippen LogP contribution in [-0.2, 0) is 6.18 Å². The maximum atomic E-state index is 12.7. The standard InChI is InChI=1S/C15H15F3N4O/c16-15(17,18)11-6-4-10(5-7-11)13-3-1-2-8-22(13)14(23)12-9-19-21-20-12/h4-7,9,13H,1-3,8H2,(H,19,20,21). The van der Waals surface area contributed by atoms with E-state index in [1.54, 1.807) is 4.90 Å². The molecule has 23 heavy (non-hydrogen) atoms. The van der Waals surface area contributed by atoms with E-state index in [2.05, 4.69) is 15.4 Å². The molecule has 3 rings (SSSR count). The van der Waals surface area contributed by atoms with Crippen LogP contribution in [0.1, 0.15) is 46.9 Å².